The Morgan fingerprint density at radius 1 is 1.43 bits per heavy atom. The quantitative estimate of drug-likeness (QED) is 0.341. The molecule has 8 nitrogen and oxygen atoms in total. The number of anilines is 1. The number of carboxylic acid groups (broad SMARTS) is 1. The summed E-state index contributed by atoms with van der Waals surface area (Å²) in [5.41, 5.74) is 0.653. The number of carbonyl (C=O) groups is 2. The van der Waals surface area contributed by atoms with Crippen molar-refractivity contribution in [1.29, 1.82) is 0 Å². The first kappa shape index (κ1) is 16.4. The van der Waals surface area contributed by atoms with E-state index < -0.39 is 16.9 Å². The predicted molar refractivity (Wildman–Crippen MR) is 74.5 cm³/mol. The van der Waals surface area contributed by atoms with E-state index in [9.17, 15) is 19.7 Å². The molecule has 2 N–H and O–H groups in total. The van der Waals surface area contributed by atoms with Crippen molar-refractivity contribution in [3.8, 4) is 0 Å². The molecule has 0 fully saturated rings. The van der Waals surface area contributed by atoms with Crippen molar-refractivity contribution in [2.24, 2.45) is 0 Å². The number of aliphatic carboxylic acids is 1. The van der Waals surface area contributed by atoms with Gasteiger partial charge in [-0.05, 0) is 19.4 Å². The Morgan fingerprint density at radius 3 is 2.62 bits per heavy atom. The van der Waals surface area contributed by atoms with Gasteiger partial charge in [0.2, 0.25) is 0 Å². The van der Waals surface area contributed by atoms with E-state index in [1.54, 1.807) is 6.92 Å². The third kappa shape index (κ3) is 4.44. The molecule has 0 atom stereocenters. The number of hydrogen-bond acceptors (Lipinski definition) is 6. The summed E-state index contributed by atoms with van der Waals surface area (Å²) in [7, 11) is 1.18. The molecule has 0 radical (unpaired) electrons. The van der Waals surface area contributed by atoms with Crippen molar-refractivity contribution in [3.63, 3.8) is 0 Å². The Morgan fingerprint density at radius 2 is 2.10 bits per heavy atom. The van der Waals surface area contributed by atoms with Crippen LogP contribution in [0.4, 0.5) is 11.4 Å². The van der Waals surface area contributed by atoms with Crippen LogP contribution in [-0.2, 0) is 9.53 Å². The van der Waals surface area contributed by atoms with Gasteiger partial charge in [-0.25, -0.2) is 4.79 Å². The molecule has 8 heteroatoms. The van der Waals surface area contributed by atoms with Crippen LogP contribution in [0.1, 0.15) is 28.8 Å². The fourth-order valence-electron chi connectivity index (χ4n) is 1.78. The van der Waals surface area contributed by atoms with Gasteiger partial charge in [0.15, 0.2) is 0 Å². The van der Waals surface area contributed by atoms with Crippen molar-refractivity contribution in [3.05, 3.63) is 33.4 Å². The van der Waals surface area contributed by atoms with Crippen LogP contribution < -0.4 is 5.32 Å². The summed E-state index contributed by atoms with van der Waals surface area (Å²) in [4.78, 5) is 32.4. The van der Waals surface area contributed by atoms with E-state index in [2.05, 4.69) is 10.1 Å². The Balaban J connectivity index is 3.00. The maximum atomic E-state index is 11.7. The summed E-state index contributed by atoms with van der Waals surface area (Å²) in [5.74, 6) is -1.61. The number of nitrogens with zero attached hydrogens (tertiary/aromatic N) is 1. The molecule has 0 aromatic heterocycles. The number of benzene rings is 1. The van der Waals surface area contributed by atoms with Crippen LogP contribution in [0, 0.1) is 17.0 Å². The van der Waals surface area contributed by atoms with Crippen LogP contribution in [0.2, 0.25) is 0 Å². The number of carboxylic acids is 1. The van der Waals surface area contributed by atoms with E-state index >= 15 is 0 Å². The second-order valence-corrected chi connectivity index (χ2v) is 4.36. The van der Waals surface area contributed by atoms with Gasteiger partial charge in [-0.2, -0.15) is 0 Å². The average molecular weight is 296 g/mol. The second kappa shape index (κ2) is 7.22. The summed E-state index contributed by atoms with van der Waals surface area (Å²) in [6, 6.07) is 2.63. The molecule has 114 valence electrons. The molecule has 1 rings (SSSR count). The van der Waals surface area contributed by atoms with Gasteiger partial charge in [0.1, 0.15) is 0 Å². The van der Waals surface area contributed by atoms with Crippen molar-refractivity contribution in [1.82, 2.24) is 0 Å². The first-order valence-electron chi connectivity index (χ1n) is 6.19. The molecule has 0 saturated carbocycles. The fraction of sp³-hybridized carbons (Fsp3) is 0.385. The summed E-state index contributed by atoms with van der Waals surface area (Å²) in [5, 5.41) is 22.4. The second-order valence-electron chi connectivity index (χ2n) is 4.36. The first-order valence-corrected chi connectivity index (χ1v) is 6.19. The molecule has 1 aromatic carbocycles. The largest absolute Gasteiger partial charge is 0.481 e. The summed E-state index contributed by atoms with van der Waals surface area (Å²) >= 11 is 0. The van der Waals surface area contributed by atoms with E-state index in [-0.39, 0.29) is 17.7 Å². The molecule has 0 bridgehead atoms. The number of hydrogen-bond donors (Lipinski definition) is 2. The molecule has 0 aliphatic heterocycles. The van der Waals surface area contributed by atoms with Crippen molar-refractivity contribution in [2.75, 3.05) is 19.0 Å². The van der Waals surface area contributed by atoms with Gasteiger partial charge in [0.05, 0.1) is 17.6 Å². The van der Waals surface area contributed by atoms with Crippen molar-refractivity contribution in [2.45, 2.75) is 19.8 Å². The van der Waals surface area contributed by atoms with Crippen LogP contribution in [0.25, 0.3) is 0 Å². The van der Waals surface area contributed by atoms with Gasteiger partial charge in [-0.15, -0.1) is 0 Å². The highest BCUT2D eigenvalue weighted by atomic mass is 16.6. The lowest BCUT2D eigenvalue weighted by Gasteiger charge is -2.11. The SMILES string of the molecule is COC(=O)c1cc([N+](=O)[O-])c(C)cc1NCCCC(=O)O. The smallest absolute Gasteiger partial charge is 0.340 e. The van der Waals surface area contributed by atoms with Crippen molar-refractivity contribution >= 4 is 23.3 Å². The molecule has 0 aliphatic carbocycles. The Kier molecular flexibility index (Phi) is 5.65. The van der Waals surface area contributed by atoms with Gasteiger partial charge in [-0.3, -0.25) is 14.9 Å². The van der Waals surface area contributed by atoms with Crippen molar-refractivity contribution < 1.29 is 24.4 Å². The van der Waals surface area contributed by atoms with Crippen LogP contribution in [0.15, 0.2) is 12.1 Å². The number of aryl methyl sites for hydroxylation is 1. The van der Waals surface area contributed by atoms with E-state index in [1.165, 1.54) is 13.2 Å². The molecule has 0 unspecified atom stereocenters. The van der Waals surface area contributed by atoms with E-state index in [1.807, 2.05) is 0 Å². The van der Waals surface area contributed by atoms with Gasteiger partial charge in [-0.1, -0.05) is 0 Å². The predicted octanol–water partition coefficient (Wildman–Crippen LogP) is 1.97. The maximum Gasteiger partial charge on any atom is 0.340 e. The minimum absolute atomic E-state index is 0.00742. The molecule has 1 aromatic rings. The van der Waals surface area contributed by atoms with Gasteiger partial charge in [0.25, 0.3) is 5.69 Å². The fourth-order valence-corrected chi connectivity index (χ4v) is 1.78. The monoisotopic (exact) mass is 296 g/mol. The average Bonchev–Trinajstić information content (AvgIpc) is 2.42. The number of nitro benzene ring substituents is 1. The Bertz CT molecular complexity index is 570. The zero-order valence-electron chi connectivity index (χ0n) is 11.7. The number of rotatable bonds is 7. The van der Waals surface area contributed by atoms with E-state index in [4.69, 9.17) is 5.11 Å². The summed E-state index contributed by atoms with van der Waals surface area (Å²) < 4.78 is 4.60. The normalized spacial score (nSPS) is 10.0. The number of carbonyl (C=O) groups excluding carboxylic acids is 1. The Labute approximate surface area is 120 Å². The summed E-state index contributed by atoms with van der Waals surface area (Å²) in [6.45, 7) is 1.88. The number of ether oxygens (including phenoxy) is 1. The lowest BCUT2D eigenvalue weighted by Crippen LogP contribution is -2.11. The zero-order chi connectivity index (χ0) is 16.0. The number of nitrogens with one attached hydrogen (secondary N) is 1. The highest BCUT2D eigenvalue weighted by Crippen LogP contribution is 2.27. The Hall–Kier alpha value is -2.64. The maximum absolute atomic E-state index is 11.7. The molecular weight excluding hydrogens is 280 g/mol. The zero-order valence-corrected chi connectivity index (χ0v) is 11.7. The van der Waals surface area contributed by atoms with Crippen LogP contribution in [-0.4, -0.2) is 35.6 Å². The highest BCUT2D eigenvalue weighted by Gasteiger charge is 2.20. The molecule has 21 heavy (non-hydrogen) atoms. The lowest BCUT2D eigenvalue weighted by molar-refractivity contribution is -0.385. The van der Waals surface area contributed by atoms with Crippen LogP contribution in [0.5, 0.6) is 0 Å². The molecule has 0 amide bonds. The number of esters is 1. The minimum atomic E-state index is -0.912. The standard InChI is InChI=1S/C13H16N2O6/c1-8-6-10(14-5-3-4-12(16)17)9(13(18)21-2)7-11(8)15(19)20/h6-7,14H,3-5H2,1-2H3,(H,16,17). The topological polar surface area (TPSA) is 119 Å². The minimum Gasteiger partial charge on any atom is -0.481 e. The summed E-state index contributed by atoms with van der Waals surface area (Å²) in [6.07, 6.45) is 0.360. The van der Waals surface area contributed by atoms with Crippen LogP contribution >= 0.6 is 0 Å². The lowest BCUT2D eigenvalue weighted by atomic mass is 10.1. The van der Waals surface area contributed by atoms with Gasteiger partial charge < -0.3 is 15.2 Å². The molecule has 0 aliphatic rings. The van der Waals surface area contributed by atoms with Gasteiger partial charge in [0, 0.05) is 30.3 Å². The van der Waals surface area contributed by atoms with Gasteiger partial charge >= 0.3 is 11.9 Å². The molecular formula is C13H16N2O6. The molecule has 0 spiro atoms. The number of methoxy groups -OCH3 is 1. The molecule has 0 heterocycles. The third-order valence-electron chi connectivity index (χ3n) is 2.82. The van der Waals surface area contributed by atoms with E-state index in [0.717, 1.165) is 6.07 Å². The van der Waals surface area contributed by atoms with E-state index in [0.29, 0.717) is 24.2 Å². The molecule has 0 saturated heterocycles. The first-order chi connectivity index (χ1) is 9.86. The van der Waals surface area contributed by atoms with Crippen LogP contribution in [0.3, 0.4) is 0 Å². The number of nitro groups is 1. The highest BCUT2D eigenvalue weighted by molar-refractivity contribution is 5.96. The third-order valence-corrected chi connectivity index (χ3v) is 2.82.